The quantitative estimate of drug-likeness (QED) is 0.473. The van der Waals surface area contributed by atoms with E-state index in [1.54, 1.807) is 0 Å². The molecule has 1 aromatic carbocycles. The van der Waals surface area contributed by atoms with Crippen molar-refractivity contribution < 1.29 is 30.0 Å². The lowest BCUT2D eigenvalue weighted by atomic mass is 9.96. The molecule has 1 atom stereocenters. The monoisotopic (exact) mass is 283 g/mol. The number of nitrogens with one attached hydrogen (secondary N) is 1. The number of carboxylic acid groups (broad SMARTS) is 1. The number of carbonyl (C=O) groups excluding carboxylic acids is 1. The maximum Gasteiger partial charge on any atom is 0.322 e. The number of aromatic hydroxyl groups is 2. The Morgan fingerprint density at radius 3 is 2.50 bits per heavy atom. The minimum absolute atomic E-state index is 0.0515. The molecule has 0 aliphatic rings. The third-order valence-corrected chi connectivity index (χ3v) is 2.75. The van der Waals surface area contributed by atoms with Crippen LogP contribution in [0.1, 0.15) is 12.0 Å². The fraction of sp³-hybridized carbons (Fsp3) is 0.385. The van der Waals surface area contributed by atoms with E-state index in [-0.39, 0.29) is 30.9 Å². The Labute approximate surface area is 115 Å². The predicted octanol–water partition coefficient (Wildman–Crippen LogP) is -0.160. The van der Waals surface area contributed by atoms with Crippen molar-refractivity contribution in [2.45, 2.75) is 12.8 Å². The molecule has 7 nitrogen and oxygen atoms in total. The summed E-state index contributed by atoms with van der Waals surface area (Å²) in [4.78, 5) is 21.8. The molecule has 0 radical (unpaired) electrons. The van der Waals surface area contributed by atoms with E-state index in [0.717, 1.165) is 0 Å². The van der Waals surface area contributed by atoms with Crippen LogP contribution in [-0.2, 0) is 16.0 Å². The number of phenols is 2. The molecule has 5 N–H and O–H groups in total. The lowest BCUT2D eigenvalue weighted by Crippen LogP contribution is -2.31. The first-order valence-electron chi connectivity index (χ1n) is 6.02. The molecule has 0 saturated carbocycles. The van der Waals surface area contributed by atoms with Gasteiger partial charge in [-0.3, -0.25) is 9.59 Å². The van der Waals surface area contributed by atoms with E-state index in [1.807, 2.05) is 0 Å². The zero-order chi connectivity index (χ0) is 15.1. The van der Waals surface area contributed by atoms with Crippen LogP contribution in [0.5, 0.6) is 11.5 Å². The summed E-state index contributed by atoms with van der Waals surface area (Å²) in [7, 11) is 0. The Morgan fingerprint density at radius 2 is 1.95 bits per heavy atom. The number of carboxylic acids is 1. The molecule has 0 aliphatic carbocycles. The molecular formula is C13H17NO6. The molecule has 110 valence electrons. The SMILES string of the molecule is O=C(O)CNC(=O)CC(CO)Cc1ccc(O)cc1O. The van der Waals surface area contributed by atoms with Gasteiger partial charge < -0.3 is 25.7 Å². The third-order valence-electron chi connectivity index (χ3n) is 2.75. The second kappa shape index (κ2) is 7.34. The summed E-state index contributed by atoms with van der Waals surface area (Å²) in [5.41, 5.74) is 0.493. The summed E-state index contributed by atoms with van der Waals surface area (Å²) in [5, 5.41) is 38.7. The summed E-state index contributed by atoms with van der Waals surface area (Å²) in [6.45, 7) is -0.748. The normalized spacial score (nSPS) is 11.8. The van der Waals surface area contributed by atoms with Crippen molar-refractivity contribution in [2.75, 3.05) is 13.2 Å². The van der Waals surface area contributed by atoms with Crippen molar-refractivity contribution in [1.29, 1.82) is 0 Å². The van der Waals surface area contributed by atoms with Gasteiger partial charge in [-0.1, -0.05) is 6.07 Å². The molecule has 0 fully saturated rings. The highest BCUT2D eigenvalue weighted by atomic mass is 16.4. The van der Waals surface area contributed by atoms with Crippen LogP contribution in [0, 0.1) is 5.92 Å². The highest BCUT2D eigenvalue weighted by Gasteiger charge is 2.16. The molecule has 0 spiro atoms. The van der Waals surface area contributed by atoms with Gasteiger partial charge in [-0.05, 0) is 24.0 Å². The standard InChI is InChI=1S/C13H17NO6/c15-7-8(4-12(18)14-6-13(19)20)3-9-1-2-10(16)5-11(9)17/h1-2,5,8,15-17H,3-4,6-7H2,(H,14,18)(H,19,20). The van der Waals surface area contributed by atoms with Crippen molar-refractivity contribution in [1.82, 2.24) is 5.32 Å². The first kappa shape index (κ1) is 15.8. The first-order valence-corrected chi connectivity index (χ1v) is 6.02. The van der Waals surface area contributed by atoms with Crippen LogP contribution in [-0.4, -0.2) is 45.5 Å². The summed E-state index contributed by atoms with van der Waals surface area (Å²) in [6, 6.07) is 4.07. The minimum atomic E-state index is -1.14. The van der Waals surface area contributed by atoms with Gasteiger partial charge in [0.15, 0.2) is 0 Å². The maximum absolute atomic E-state index is 11.5. The number of hydrogen-bond acceptors (Lipinski definition) is 5. The predicted molar refractivity (Wildman–Crippen MR) is 69.3 cm³/mol. The molecule has 1 amide bonds. The van der Waals surface area contributed by atoms with Gasteiger partial charge in [0.25, 0.3) is 0 Å². The van der Waals surface area contributed by atoms with Gasteiger partial charge in [-0.25, -0.2) is 0 Å². The van der Waals surface area contributed by atoms with Crippen molar-refractivity contribution >= 4 is 11.9 Å². The van der Waals surface area contributed by atoms with E-state index in [1.165, 1.54) is 18.2 Å². The number of amides is 1. The van der Waals surface area contributed by atoms with Crippen LogP contribution in [0.2, 0.25) is 0 Å². The van der Waals surface area contributed by atoms with Crippen molar-refractivity contribution in [3.8, 4) is 11.5 Å². The molecule has 0 aliphatic heterocycles. The molecule has 0 heterocycles. The summed E-state index contributed by atoms with van der Waals surface area (Å²) in [5.74, 6) is -2.26. The second-order valence-electron chi connectivity index (χ2n) is 4.44. The zero-order valence-corrected chi connectivity index (χ0v) is 10.7. The third kappa shape index (κ3) is 5.15. The van der Waals surface area contributed by atoms with Crippen molar-refractivity contribution in [2.24, 2.45) is 5.92 Å². The van der Waals surface area contributed by atoms with Crippen LogP contribution < -0.4 is 5.32 Å². The van der Waals surface area contributed by atoms with Crippen LogP contribution in [0.3, 0.4) is 0 Å². The molecule has 0 bridgehead atoms. The zero-order valence-electron chi connectivity index (χ0n) is 10.7. The van der Waals surface area contributed by atoms with E-state index in [9.17, 15) is 19.8 Å². The summed E-state index contributed by atoms with van der Waals surface area (Å²) < 4.78 is 0. The average molecular weight is 283 g/mol. The van der Waals surface area contributed by atoms with E-state index in [4.69, 9.17) is 10.2 Å². The van der Waals surface area contributed by atoms with Gasteiger partial charge in [0.1, 0.15) is 18.0 Å². The van der Waals surface area contributed by atoms with Gasteiger partial charge in [0, 0.05) is 19.1 Å². The number of aliphatic carboxylic acids is 1. The van der Waals surface area contributed by atoms with Gasteiger partial charge in [-0.15, -0.1) is 0 Å². The summed E-state index contributed by atoms with van der Waals surface area (Å²) >= 11 is 0. The second-order valence-corrected chi connectivity index (χ2v) is 4.44. The Hall–Kier alpha value is -2.28. The molecule has 1 rings (SSSR count). The molecule has 20 heavy (non-hydrogen) atoms. The van der Waals surface area contributed by atoms with Gasteiger partial charge in [0.05, 0.1) is 0 Å². The van der Waals surface area contributed by atoms with Gasteiger partial charge in [0.2, 0.25) is 5.91 Å². The fourth-order valence-corrected chi connectivity index (χ4v) is 1.75. The van der Waals surface area contributed by atoms with Crippen LogP contribution in [0.25, 0.3) is 0 Å². The fourth-order valence-electron chi connectivity index (χ4n) is 1.75. The van der Waals surface area contributed by atoms with E-state index < -0.39 is 24.3 Å². The molecule has 1 unspecified atom stereocenters. The van der Waals surface area contributed by atoms with Crippen LogP contribution >= 0.6 is 0 Å². The van der Waals surface area contributed by atoms with Crippen molar-refractivity contribution in [3.05, 3.63) is 23.8 Å². The number of hydrogen-bond donors (Lipinski definition) is 5. The van der Waals surface area contributed by atoms with E-state index in [2.05, 4.69) is 5.32 Å². The van der Waals surface area contributed by atoms with Crippen LogP contribution in [0.15, 0.2) is 18.2 Å². The number of aliphatic hydroxyl groups is 1. The number of phenolic OH excluding ortho intramolecular Hbond substituents is 2. The minimum Gasteiger partial charge on any atom is -0.508 e. The smallest absolute Gasteiger partial charge is 0.322 e. The molecule has 7 heteroatoms. The highest BCUT2D eigenvalue weighted by Crippen LogP contribution is 2.25. The lowest BCUT2D eigenvalue weighted by molar-refractivity contribution is -0.138. The maximum atomic E-state index is 11.5. The Kier molecular flexibility index (Phi) is 5.79. The van der Waals surface area contributed by atoms with Gasteiger partial charge in [-0.2, -0.15) is 0 Å². The molecule has 0 saturated heterocycles. The largest absolute Gasteiger partial charge is 0.508 e. The number of benzene rings is 1. The Balaban J connectivity index is 2.58. The lowest BCUT2D eigenvalue weighted by Gasteiger charge is -2.14. The van der Waals surface area contributed by atoms with Crippen LogP contribution in [0.4, 0.5) is 0 Å². The van der Waals surface area contributed by atoms with Gasteiger partial charge >= 0.3 is 5.97 Å². The number of rotatable bonds is 7. The van der Waals surface area contributed by atoms with Crippen molar-refractivity contribution in [3.63, 3.8) is 0 Å². The summed E-state index contributed by atoms with van der Waals surface area (Å²) in [6.07, 6.45) is 0.188. The van der Waals surface area contributed by atoms with E-state index >= 15 is 0 Å². The molecule has 0 aromatic heterocycles. The Bertz CT molecular complexity index is 488. The molecule has 1 aromatic rings. The molecular weight excluding hydrogens is 266 g/mol. The highest BCUT2D eigenvalue weighted by molar-refractivity contribution is 5.81. The average Bonchev–Trinajstić information content (AvgIpc) is 2.38. The number of carbonyl (C=O) groups is 2. The topological polar surface area (TPSA) is 127 Å². The van der Waals surface area contributed by atoms with E-state index in [0.29, 0.717) is 5.56 Å². The first-order chi connectivity index (χ1) is 9.42. The Morgan fingerprint density at radius 1 is 1.25 bits per heavy atom. The number of aliphatic hydroxyl groups excluding tert-OH is 1.